The number of nitrogens with zero attached hydrogens (tertiary/aromatic N) is 2. The summed E-state index contributed by atoms with van der Waals surface area (Å²) in [4.78, 5) is 1.92. The molecule has 1 saturated heterocycles. The largest absolute Gasteiger partial charge is 0.388 e. The third kappa shape index (κ3) is 2.00. The van der Waals surface area contributed by atoms with Gasteiger partial charge in [0, 0.05) is 18.8 Å². The van der Waals surface area contributed by atoms with E-state index < -0.39 is 11.4 Å². The van der Waals surface area contributed by atoms with Gasteiger partial charge >= 0.3 is 0 Å². The van der Waals surface area contributed by atoms with Crippen molar-refractivity contribution in [3.8, 4) is 6.07 Å². The number of halogens is 1. The fourth-order valence-corrected chi connectivity index (χ4v) is 1.96. The lowest BCUT2D eigenvalue weighted by molar-refractivity contribution is 0.0839. The van der Waals surface area contributed by atoms with Crippen molar-refractivity contribution in [3.05, 3.63) is 29.6 Å². The first-order valence-electron chi connectivity index (χ1n) is 5.19. The van der Waals surface area contributed by atoms with E-state index in [9.17, 15) is 9.50 Å². The van der Waals surface area contributed by atoms with Gasteiger partial charge in [-0.25, -0.2) is 4.39 Å². The van der Waals surface area contributed by atoms with Gasteiger partial charge in [0.05, 0.1) is 11.2 Å². The van der Waals surface area contributed by atoms with Gasteiger partial charge in [0.2, 0.25) is 0 Å². The second-order valence-electron chi connectivity index (χ2n) is 4.44. The van der Waals surface area contributed by atoms with Crippen molar-refractivity contribution < 1.29 is 9.50 Å². The monoisotopic (exact) mass is 220 g/mol. The standard InChI is InChI=1S/C12H13FN2O/c1-12(16)4-5-15(8-12)10-3-2-9(7-14)11(13)6-10/h2-3,6,16H,4-5,8H2,1H3. The predicted octanol–water partition coefficient (Wildman–Crippen LogP) is 1.66. The maximum absolute atomic E-state index is 13.4. The summed E-state index contributed by atoms with van der Waals surface area (Å²) >= 11 is 0. The first-order chi connectivity index (χ1) is 7.52. The molecule has 0 aliphatic carbocycles. The fourth-order valence-electron chi connectivity index (χ4n) is 1.96. The molecule has 1 atom stereocenters. The molecule has 84 valence electrons. The highest BCUT2D eigenvalue weighted by molar-refractivity contribution is 5.51. The summed E-state index contributed by atoms with van der Waals surface area (Å²) < 4.78 is 13.4. The second-order valence-corrected chi connectivity index (χ2v) is 4.44. The van der Waals surface area contributed by atoms with Gasteiger partial charge in [0.1, 0.15) is 11.9 Å². The van der Waals surface area contributed by atoms with Gasteiger partial charge in [-0.3, -0.25) is 0 Å². The summed E-state index contributed by atoms with van der Waals surface area (Å²) in [6, 6.07) is 6.31. The molecule has 0 bridgehead atoms. The predicted molar refractivity (Wildman–Crippen MR) is 58.6 cm³/mol. The third-order valence-electron chi connectivity index (χ3n) is 2.89. The molecular weight excluding hydrogens is 207 g/mol. The van der Waals surface area contributed by atoms with Gasteiger partial charge in [0.15, 0.2) is 0 Å². The van der Waals surface area contributed by atoms with Gasteiger partial charge in [-0.2, -0.15) is 5.26 Å². The van der Waals surface area contributed by atoms with Crippen LogP contribution in [0.4, 0.5) is 10.1 Å². The summed E-state index contributed by atoms with van der Waals surface area (Å²) in [6.45, 7) is 2.98. The van der Waals surface area contributed by atoms with Gasteiger partial charge in [0.25, 0.3) is 0 Å². The van der Waals surface area contributed by atoms with E-state index in [1.807, 2.05) is 4.90 Å². The number of nitriles is 1. The Labute approximate surface area is 93.7 Å². The lowest BCUT2D eigenvalue weighted by atomic mass is 10.1. The van der Waals surface area contributed by atoms with Crippen LogP contribution in [0.2, 0.25) is 0 Å². The van der Waals surface area contributed by atoms with E-state index in [0.29, 0.717) is 25.2 Å². The topological polar surface area (TPSA) is 47.3 Å². The Balaban J connectivity index is 2.24. The van der Waals surface area contributed by atoms with Crippen LogP contribution in [0.25, 0.3) is 0 Å². The molecular formula is C12H13FN2O. The minimum absolute atomic E-state index is 0.0507. The summed E-state index contributed by atoms with van der Waals surface area (Å²) in [6.07, 6.45) is 0.675. The quantitative estimate of drug-likeness (QED) is 0.783. The zero-order chi connectivity index (χ0) is 11.8. The highest BCUT2D eigenvalue weighted by atomic mass is 19.1. The minimum atomic E-state index is -0.704. The van der Waals surface area contributed by atoms with Crippen LogP contribution in [0.5, 0.6) is 0 Å². The number of β-amino-alcohol motifs (C(OH)–C–C–N with tert-alkyl or cyclic N) is 1. The van der Waals surface area contributed by atoms with Crippen molar-refractivity contribution >= 4 is 5.69 Å². The van der Waals surface area contributed by atoms with Crippen molar-refractivity contribution in [1.29, 1.82) is 5.26 Å². The maximum atomic E-state index is 13.4. The van der Waals surface area contributed by atoms with Crippen molar-refractivity contribution in [1.82, 2.24) is 0 Å². The Bertz CT molecular complexity index is 451. The number of aliphatic hydroxyl groups is 1. The van der Waals surface area contributed by atoms with Crippen molar-refractivity contribution in [2.24, 2.45) is 0 Å². The average molecular weight is 220 g/mol. The van der Waals surface area contributed by atoms with Crippen LogP contribution >= 0.6 is 0 Å². The van der Waals surface area contributed by atoms with Gasteiger partial charge < -0.3 is 10.0 Å². The lowest BCUT2D eigenvalue weighted by Crippen LogP contribution is -2.29. The average Bonchev–Trinajstić information content (AvgIpc) is 2.59. The molecule has 0 amide bonds. The van der Waals surface area contributed by atoms with Crippen LogP contribution in [-0.2, 0) is 0 Å². The van der Waals surface area contributed by atoms with Crippen molar-refractivity contribution in [2.75, 3.05) is 18.0 Å². The van der Waals surface area contributed by atoms with E-state index >= 15 is 0 Å². The van der Waals surface area contributed by atoms with Crippen molar-refractivity contribution in [2.45, 2.75) is 18.9 Å². The molecule has 1 aromatic carbocycles. The SMILES string of the molecule is CC1(O)CCN(c2ccc(C#N)c(F)c2)C1. The number of benzene rings is 1. The molecule has 1 aliphatic rings. The molecule has 16 heavy (non-hydrogen) atoms. The summed E-state index contributed by atoms with van der Waals surface area (Å²) in [5.41, 5.74) is 0.0636. The van der Waals surface area contributed by atoms with Crippen LogP contribution in [0.1, 0.15) is 18.9 Å². The van der Waals surface area contributed by atoms with E-state index in [0.717, 1.165) is 0 Å². The third-order valence-corrected chi connectivity index (χ3v) is 2.89. The zero-order valence-corrected chi connectivity index (χ0v) is 9.07. The molecule has 0 radical (unpaired) electrons. The normalized spacial score (nSPS) is 24.5. The molecule has 3 nitrogen and oxygen atoms in total. The molecule has 0 saturated carbocycles. The number of hydrogen-bond donors (Lipinski definition) is 1. The molecule has 1 fully saturated rings. The zero-order valence-electron chi connectivity index (χ0n) is 9.07. The van der Waals surface area contributed by atoms with Gasteiger partial charge in [-0.05, 0) is 31.5 Å². The molecule has 0 spiro atoms. The number of hydrogen-bond acceptors (Lipinski definition) is 3. The second kappa shape index (κ2) is 3.76. The molecule has 1 aliphatic heterocycles. The van der Waals surface area contributed by atoms with E-state index in [-0.39, 0.29) is 5.56 Å². The number of anilines is 1. The first kappa shape index (κ1) is 10.9. The Hall–Kier alpha value is -1.60. The lowest BCUT2D eigenvalue weighted by Gasteiger charge is -2.20. The molecule has 4 heteroatoms. The Morgan fingerprint density at radius 1 is 1.56 bits per heavy atom. The molecule has 2 rings (SSSR count). The van der Waals surface area contributed by atoms with Crippen LogP contribution < -0.4 is 4.90 Å². The minimum Gasteiger partial charge on any atom is -0.388 e. The Morgan fingerprint density at radius 3 is 2.81 bits per heavy atom. The van der Waals surface area contributed by atoms with Crippen LogP contribution in [0.3, 0.4) is 0 Å². The van der Waals surface area contributed by atoms with E-state index in [4.69, 9.17) is 5.26 Å². The highest BCUT2D eigenvalue weighted by Gasteiger charge is 2.31. The smallest absolute Gasteiger partial charge is 0.143 e. The van der Waals surface area contributed by atoms with Crippen LogP contribution in [-0.4, -0.2) is 23.8 Å². The first-order valence-corrected chi connectivity index (χ1v) is 5.19. The highest BCUT2D eigenvalue weighted by Crippen LogP contribution is 2.27. The maximum Gasteiger partial charge on any atom is 0.143 e. The van der Waals surface area contributed by atoms with E-state index in [1.165, 1.54) is 12.1 Å². The van der Waals surface area contributed by atoms with Gasteiger partial charge in [-0.15, -0.1) is 0 Å². The van der Waals surface area contributed by atoms with Crippen LogP contribution in [0, 0.1) is 17.1 Å². The summed E-state index contributed by atoms with van der Waals surface area (Å²) in [7, 11) is 0. The molecule has 0 aromatic heterocycles. The Kier molecular flexibility index (Phi) is 2.56. The molecule has 1 heterocycles. The summed E-state index contributed by atoms with van der Waals surface area (Å²) in [5, 5.41) is 18.4. The van der Waals surface area contributed by atoms with Crippen LogP contribution in [0.15, 0.2) is 18.2 Å². The Morgan fingerprint density at radius 2 is 2.31 bits per heavy atom. The van der Waals surface area contributed by atoms with E-state index in [1.54, 1.807) is 19.1 Å². The summed E-state index contributed by atoms with van der Waals surface area (Å²) in [5.74, 6) is -0.508. The molecule has 1 aromatic rings. The molecule has 1 N–H and O–H groups in total. The number of rotatable bonds is 1. The fraction of sp³-hybridized carbons (Fsp3) is 0.417. The molecule has 1 unspecified atom stereocenters. The van der Waals surface area contributed by atoms with Crippen molar-refractivity contribution in [3.63, 3.8) is 0 Å². The van der Waals surface area contributed by atoms with E-state index in [2.05, 4.69) is 0 Å². The van der Waals surface area contributed by atoms with Gasteiger partial charge in [-0.1, -0.05) is 0 Å².